The fourth-order valence-electron chi connectivity index (χ4n) is 2.65. The van der Waals surface area contributed by atoms with Crippen molar-refractivity contribution in [2.75, 3.05) is 33.2 Å². The van der Waals surface area contributed by atoms with E-state index in [4.69, 9.17) is 0 Å². The van der Waals surface area contributed by atoms with Crippen molar-refractivity contribution in [3.63, 3.8) is 0 Å². The van der Waals surface area contributed by atoms with E-state index in [1.54, 1.807) is 29.4 Å². The highest BCUT2D eigenvalue weighted by Crippen LogP contribution is 2.09. The van der Waals surface area contributed by atoms with Crippen LogP contribution in [0.25, 0.3) is 0 Å². The second kappa shape index (κ2) is 7.85. The summed E-state index contributed by atoms with van der Waals surface area (Å²) in [5.74, 6) is -0.367. The fraction of sp³-hybridized carbons (Fsp3) is 0.333. The number of hydrogen-bond acceptors (Lipinski definition) is 5. The molecule has 25 heavy (non-hydrogen) atoms. The fourth-order valence-corrected chi connectivity index (χ4v) is 2.65. The number of nitrogens with one attached hydrogen (secondary N) is 1. The minimum absolute atomic E-state index is 0.130. The number of hydrogen-bond donors (Lipinski definition) is 1. The Morgan fingerprint density at radius 3 is 2.68 bits per heavy atom. The van der Waals surface area contributed by atoms with Gasteiger partial charge in [-0.2, -0.15) is 0 Å². The number of pyridine rings is 2. The molecule has 1 aliphatic heterocycles. The number of rotatable bonds is 4. The molecule has 130 valence electrons. The van der Waals surface area contributed by atoms with Gasteiger partial charge in [0.15, 0.2) is 0 Å². The maximum atomic E-state index is 12.6. The number of aromatic nitrogens is 2. The Balaban J connectivity index is 1.64. The van der Waals surface area contributed by atoms with Crippen LogP contribution in [-0.2, 0) is 6.54 Å². The third kappa shape index (κ3) is 4.39. The van der Waals surface area contributed by atoms with Gasteiger partial charge in [0.05, 0.1) is 0 Å². The number of nitrogens with zero attached hydrogens (tertiary/aromatic N) is 4. The van der Waals surface area contributed by atoms with Crippen molar-refractivity contribution >= 4 is 11.8 Å². The molecule has 3 heterocycles. The lowest BCUT2D eigenvalue weighted by atomic mass is 10.2. The van der Waals surface area contributed by atoms with Crippen LogP contribution in [0.15, 0.2) is 42.9 Å². The van der Waals surface area contributed by atoms with Crippen LogP contribution in [0.4, 0.5) is 0 Å². The zero-order chi connectivity index (χ0) is 17.6. The van der Waals surface area contributed by atoms with Crippen molar-refractivity contribution in [1.29, 1.82) is 0 Å². The number of carbonyl (C=O) groups excluding carboxylic acids is 2. The van der Waals surface area contributed by atoms with Crippen LogP contribution in [-0.4, -0.2) is 64.8 Å². The molecule has 2 aromatic rings. The summed E-state index contributed by atoms with van der Waals surface area (Å²) in [4.78, 5) is 37.0. The van der Waals surface area contributed by atoms with Crippen molar-refractivity contribution in [2.45, 2.75) is 6.54 Å². The first kappa shape index (κ1) is 17.0. The van der Waals surface area contributed by atoms with Crippen LogP contribution < -0.4 is 5.32 Å². The molecule has 2 aromatic heterocycles. The van der Waals surface area contributed by atoms with Gasteiger partial charge in [0.25, 0.3) is 11.8 Å². The maximum Gasteiger partial charge on any atom is 0.272 e. The van der Waals surface area contributed by atoms with Gasteiger partial charge < -0.3 is 15.1 Å². The zero-order valence-electron chi connectivity index (χ0n) is 14.2. The predicted octanol–water partition coefficient (Wildman–Crippen LogP) is 0.794. The first-order chi connectivity index (χ1) is 12.1. The summed E-state index contributed by atoms with van der Waals surface area (Å²) in [6.45, 7) is 3.42. The van der Waals surface area contributed by atoms with E-state index in [1.807, 2.05) is 19.2 Å². The molecule has 0 unspecified atom stereocenters. The lowest BCUT2D eigenvalue weighted by Crippen LogP contribution is -2.47. The Morgan fingerprint density at radius 2 is 1.96 bits per heavy atom. The molecule has 1 saturated heterocycles. The maximum absolute atomic E-state index is 12.6. The topological polar surface area (TPSA) is 78.4 Å². The van der Waals surface area contributed by atoms with Crippen LogP contribution in [0.5, 0.6) is 0 Å². The normalized spacial score (nSPS) is 15.0. The van der Waals surface area contributed by atoms with E-state index in [1.165, 1.54) is 6.20 Å². The Morgan fingerprint density at radius 1 is 1.16 bits per heavy atom. The van der Waals surface area contributed by atoms with Crippen molar-refractivity contribution in [2.24, 2.45) is 0 Å². The number of amides is 2. The molecule has 3 rings (SSSR count). The van der Waals surface area contributed by atoms with Gasteiger partial charge in [0, 0.05) is 56.9 Å². The first-order valence-electron chi connectivity index (χ1n) is 8.24. The molecule has 1 aliphatic rings. The number of carbonyl (C=O) groups is 2. The SMILES string of the molecule is CN1CCN(C(=O)c2cc(C(=O)NCc3cccnc3)ccn2)CC1. The Bertz CT molecular complexity index is 742. The molecule has 0 saturated carbocycles. The second-order valence-corrected chi connectivity index (χ2v) is 6.07. The number of likely N-dealkylation sites (N-methyl/N-ethyl adjacent to an activating group) is 1. The highest BCUT2D eigenvalue weighted by Gasteiger charge is 2.22. The van der Waals surface area contributed by atoms with E-state index in [0.29, 0.717) is 30.9 Å². The number of piperazine rings is 1. The van der Waals surface area contributed by atoms with Crippen LogP contribution in [0.2, 0.25) is 0 Å². The minimum Gasteiger partial charge on any atom is -0.348 e. The van der Waals surface area contributed by atoms with Crippen molar-refractivity contribution in [3.05, 3.63) is 59.7 Å². The van der Waals surface area contributed by atoms with Gasteiger partial charge in [0.2, 0.25) is 0 Å². The predicted molar refractivity (Wildman–Crippen MR) is 93.0 cm³/mol. The Kier molecular flexibility index (Phi) is 5.35. The largest absolute Gasteiger partial charge is 0.348 e. The molecule has 0 atom stereocenters. The highest BCUT2D eigenvalue weighted by molar-refractivity contribution is 5.98. The van der Waals surface area contributed by atoms with Crippen LogP contribution in [0.1, 0.15) is 26.4 Å². The molecule has 1 fully saturated rings. The summed E-state index contributed by atoms with van der Waals surface area (Å²) in [6.07, 6.45) is 4.89. The van der Waals surface area contributed by atoms with E-state index in [9.17, 15) is 9.59 Å². The van der Waals surface area contributed by atoms with Gasteiger partial charge in [-0.1, -0.05) is 6.07 Å². The lowest BCUT2D eigenvalue weighted by Gasteiger charge is -2.32. The van der Waals surface area contributed by atoms with E-state index < -0.39 is 0 Å². The molecule has 0 aromatic carbocycles. The standard InChI is InChI=1S/C18H21N5O2/c1-22-7-9-23(10-8-22)18(25)16-11-15(4-6-20-16)17(24)21-13-14-3-2-5-19-12-14/h2-6,11-12H,7-10,13H2,1H3,(H,21,24). The van der Waals surface area contributed by atoms with Crippen LogP contribution >= 0.6 is 0 Å². The Hall–Kier alpha value is -2.80. The van der Waals surface area contributed by atoms with Gasteiger partial charge in [0.1, 0.15) is 5.69 Å². The molecular weight excluding hydrogens is 318 g/mol. The van der Waals surface area contributed by atoms with Crippen LogP contribution in [0.3, 0.4) is 0 Å². The van der Waals surface area contributed by atoms with Gasteiger partial charge in [-0.3, -0.25) is 19.6 Å². The molecular formula is C18H21N5O2. The smallest absolute Gasteiger partial charge is 0.272 e. The molecule has 0 bridgehead atoms. The average molecular weight is 339 g/mol. The summed E-state index contributed by atoms with van der Waals surface area (Å²) >= 11 is 0. The van der Waals surface area contributed by atoms with Crippen molar-refractivity contribution in [3.8, 4) is 0 Å². The van der Waals surface area contributed by atoms with Gasteiger partial charge >= 0.3 is 0 Å². The second-order valence-electron chi connectivity index (χ2n) is 6.07. The Labute approximate surface area is 146 Å². The van der Waals surface area contributed by atoms with Gasteiger partial charge in [-0.25, -0.2) is 0 Å². The third-order valence-corrected chi connectivity index (χ3v) is 4.21. The molecule has 0 aliphatic carbocycles. The quantitative estimate of drug-likeness (QED) is 0.891. The minimum atomic E-state index is -0.237. The van der Waals surface area contributed by atoms with Gasteiger partial charge in [-0.15, -0.1) is 0 Å². The summed E-state index contributed by atoms with van der Waals surface area (Å²) in [7, 11) is 2.04. The molecule has 1 N–H and O–H groups in total. The lowest BCUT2D eigenvalue weighted by molar-refractivity contribution is 0.0658. The van der Waals surface area contributed by atoms with Crippen molar-refractivity contribution < 1.29 is 9.59 Å². The molecule has 2 amide bonds. The van der Waals surface area contributed by atoms with Crippen LogP contribution in [0, 0.1) is 0 Å². The van der Waals surface area contributed by atoms with Crippen molar-refractivity contribution in [1.82, 2.24) is 25.1 Å². The van der Waals surface area contributed by atoms with E-state index in [-0.39, 0.29) is 11.8 Å². The molecule has 0 spiro atoms. The summed E-state index contributed by atoms with van der Waals surface area (Å²) < 4.78 is 0. The summed E-state index contributed by atoms with van der Waals surface area (Å²) in [5, 5.41) is 2.83. The summed E-state index contributed by atoms with van der Waals surface area (Å²) in [5.41, 5.74) is 1.65. The third-order valence-electron chi connectivity index (χ3n) is 4.21. The van der Waals surface area contributed by atoms with E-state index in [0.717, 1.165) is 18.7 Å². The first-order valence-corrected chi connectivity index (χ1v) is 8.24. The summed E-state index contributed by atoms with van der Waals surface area (Å²) in [6, 6.07) is 6.88. The molecule has 0 radical (unpaired) electrons. The van der Waals surface area contributed by atoms with E-state index in [2.05, 4.69) is 20.2 Å². The highest BCUT2D eigenvalue weighted by atomic mass is 16.2. The van der Waals surface area contributed by atoms with Gasteiger partial charge in [-0.05, 0) is 30.8 Å². The molecule has 7 nitrogen and oxygen atoms in total. The average Bonchev–Trinajstić information content (AvgIpc) is 2.67. The molecule has 7 heteroatoms. The zero-order valence-corrected chi connectivity index (χ0v) is 14.2. The monoisotopic (exact) mass is 339 g/mol. The van der Waals surface area contributed by atoms with E-state index >= 15 is 0 Å².